The Balaban J connectivity index is 1.56. The number of fused-ring (bicyclic) bond motifs is 2. The Morgan fingerprint density at radius 3 is 2.61 bits per heavy atom. The molecular weight excluding hydrogens is 364 g/mol. The number of hydrogen-bond acceptors (Lipinski definition) is 3. The lowest BCUT2D eigenvalue weighted by molar-refractivity contribution is -0.115. The lowest BCUT2D eigenvalue weighted by Crippen LogP contribution is -2.22. The number of anilines is 1. The molecule has 4 heteroatoms. The van der Waals surface area contributed by atoms with Gasteiger partial charge in [0.15, 0.2) is 0 Å². The third kappa shape index (κ3) is 3.73. The van der Waals surface area contributed by atoms with Crippen LogP contribution >= 0.6 is 11.8 Å². The first-order valence-corrected chi connectivity index (χ1v) is 10.2. The van der Waals surface area contributed by atoms with Gasteiger partial charge in [-0.25, -0.2) is 4.98 Å². The molecule has 0 saturated carbocycles. The number of pyridine rings is 1. The Bertz CT molecular complexity index is 1180. The summed E-state index contributed by atoms with van der Waals surface area (Å²) >= 11 is 1.50. The molecular formula is C24H22N2OS. The molecule has 0 spiro atoms. The number of carbonyl (C=O) groups excluding carboxylic acids is 1. The van der Waals surface area contributed by atoms with Gasteiger partial charge in [-0.05, 0) is 55.5 Å². The summed E-state index contributed by atoms with van der Waals surface area (Å²) in [6.45, 7) is 6.03. The Morgan fingerprint density at radius 2 is 1.75 bits per heavy atom. The summed E-state index contributed by atoms with van der Waals surface area (Å²) in [5.41, 5.74) is 4.08. The van der Waals surface area contributed by atoms with Crippen molar-refractivity contribution >= 4 is 45.0 Å². The largest absolute Gasteiger partial charge is 0.325 e. The van der Waals surface area contributed by atoms with Crippen molar-refractivity contribution in [3.8, 4) is 0 Å². The van der Waals surface area contributed by atoms with Crippen molar-refractivity contribution in [2.45, 2.75) is 31.0 Å². The highest BCUT2D eigenvalue weighted by molar-refractivity contribution is 8.00. The number of aryl methyl sites for hydroxylation is 2. The normalized spacial score (nSPS) is 12.2. The van der Waals surface area contributed by atoms with Crippen LogP contribution in [0.1, 0.15) is 18.1 Å². The van der Waals surface area contributed by atoms with Gasteiger partial charge in [0.05, 0.1) is 10.8 Å². The fourth-order valence-corrected chi connectivity index (χ4v) is 4.17. The molecule has 1 amide bonds. The molecule has 4 aromatic rings. The summed E-state index contributed by atoms with van der Waals surface area (Å²) in [6, 6.07) is 22.4. The Kier molecular flexibility index (Phi) is 5.05. The number of aromatic nitrogens is 1. The van der Waals surface area contributed by atoms with E-state index in [1.807, 2.05) is 56.3 Å². The topological polar surface area (TPSA) is 42.0 Å². The standard InChI is InChI=1S/C24H22N2OS/c1-15-11-12-19-14-16(2)24(26-22(19)13-15)28-17(3)23(27)25-21-10-6-8-18-7-4-5-9-20(18)21/h4-14,17H,1-3H3,(H,25,27)/t17-/m1/s1. The third-order valence-corrected chi connectivity index (χ3v) is 6.03. The van der Waals surface area contributed by atoms with Crippen LogP contribution in [0.4, 0.5) is 5.69 Å². The van der Waals surface area contributed by atoms with Crippen LogP contribution in [0.25, 0.3) is 21.7 Å². The van der Waals surface area contributed by atoms with Crippen LogP contribution in [0.5, 0.6) is 0 Å². The molecule has 0 aliphatic rings. The fraction of sp³-hybridized carbons (Fsp3) is 0.167. The van der Waals surface area contributed by atoms with E-state index in [-0.39, 0.29) is 11.2 Å². The van der Waals surface area contributed by atoms with Crippen LogP contribution in [0.3, 0.4) is 0 Å². The lowest BCUT2D eigenvalue weighted by atomic mass is 10.1. The molecule has 1 atom stereocenters. The molecule has 0 saturated heterocycles. The number of nitrogens with one attached hydrogen (secondary N) is 1. The van der Waals surface area contributed by atoms with Crippen molar-refractivity contribution in [3.05, 3.63) is 77.9 Å². The van der Waals surface area contributed by atoms with Crippen molar-refractivity contribution in [1.29, 1.82) is 0 Å². The van der Waals surface area contributed by atoms with Crippen LogP contribution in [-0.4, -0.2) is 16.1 Å². The van der Waals surface area contributed by atoms with Gasteiger partial charge in [0.1, 0.15) is 5.03 Å². The molecule has 3 aromatic carbocycles. The van der Waals surface area contributed by atoms with Gasteiger partial charge in [0.25, 0.3) is 0 Å². The summed E-state index contributed by atoms with van der Waals surface area (Å²) in [6.07, 6.45) is 0. The molecule has 1 N–H and O–H groups in total. The van der Waals surface area contributed by atoms with Crippen molar-refractivity contribution in [1.82, 2.24) is 4.98 Å². The van der Waals surface area contributed by atoms with Crippen molar-refractivity contribution in [2.75, 3.05) is 5.32 Å². The molecule has 0 bridgehead atoms. The van der Waals surface area contributed by atoms with Gasteiger partial charge >= 0.3 is 0 Å². The Morgan fingerprint density at radius 1 is 0.964 bits per heavy atom. The monoisotopic (exact) mass is 386 g/mol. The van der Waals surface area contributed by atoms with E-state index in [4.69, 9.17) is 4.98 Å². The van der Waals surface area contributed by atoms with Gasteiger partial charge in [-0.2, -0.15) is 0 Å². The summed E-state index contributed by atoms with van der Waals surface area (Å²) in [4.78, 5) is 17.6. The van der Waals surface area contributed by atoms with Crippen LogP contribution in [0.15, 0.2) is 71.8 Å². The lowest BCUT2D eigenvalue weighted by Gasteiger charge is -2.15. The molecule has 28 heavy (non-hydrogen) atoms. The SMILES string of the molecule is Cc1ccc2cc(C)c(S[C@H](C)C(=O)Nc3cccc4ccccc34)nc2c1. The number of benzene rings is 3. The molecule has 1 aromatic heterocycles. The highest BCUT2D eigenvalue weighted by Crippen LogP contribution is 2.29. The first kappa shape index (κ1) is 18.5. The number of nitrogens with zero attached hydrogens (tertiary/aromatic N) is 1. The zero-order valence-electron chi connectivity index (χ0n) is 16.2. The smallest absolute Gasteiger partial charge is 0.237 e. The maximum atomic E-state index is 12.8. The van der Waals surface area contributed by atoms with Crippen LogP contribution in [0.2, 0.25) is 0 Å². The minimum Gasteiger partial charge on any atom is -0.325 e. The molecule has 3 nitrogen and oxygen atoms in total. The van der Waals surface area contributed by atoms with Crippen molar-refractivity contribution in [2.24, 2.45) is 0 Å². The number of hydrogen-bond donors (Lipinski definition) is 1. The first-order valence-electron chi connectivity index (χ1n) is 9.34. The molecule has 140 valence electrons. The minimum absolute atomic E-state index is 0.0214. The van der Waals surface area contributed by atoms with Gasteiger partial charge in [0.2, 0.25) is 5.91 Å². The molecule has 4 rings (SSSR count). The van der Waals surface area contributed by atoms with Crippen LogP contribution < -0.4 is 5.32 Å². The maximum absolute atomic E-state index is 12.8. The fourth-order valence-electron chi connectivity index (χ4n) is 3.27. The molecule has 0 aliphatic heterocycles. The quantitative estimate of drug-likeness (QED) is 0.429. The third-order valence-electron chi connectivity index (χ3n) is 4.82. The van der Waals surface area contributed by atoms with E-state index < -0.39 is 0 Å². The van der Waals surface area contributed by atoms with Crippen molar-refractivity contribution < 1.29 is 4.79 Å². The van der Waals surface area contributed by atoms with E-state index in [1.54, 1.807) is 0 Å². The maximum Gasteiger partial charge on any atom is 0.237 e. The van der Waals surface area contributed by atoms with Crippen LogP contribution in [0, 0.1) is 13.8 Å². The summed E-state index contributed by atoms with van der Waals surface area (Å²) < 4.78 is 0. The van der Waals surface area contributed by atoms with E-state index >= 15 is 0 Å². The Hall–Kier alpha value is -2.85. The van der Waals surface area contributed by atoms with E-state index in [9.17, 15) is 4.79 Å². The average Bonchev–Trinajstić information content (AvgIpc) is 2.69. The Labute approximate surface area is 169 Å². The predicted octanol–water partition coefficient (Wildman–Crippen LogP) is 6.12. The number of rotatable bonds is 4. The van der Waals surface area contributed by atoms with Crippen LogP contribution in [-0.2, 0) is 4.79 Å². The molecule has 0 fully saturated rings. The second-order valence-corrected chi connectivity index (χ2v) is 8.41. The molecule has 1 heterocycles. The summed E-state index contributed by atoms with van der Waals surface area (Å²) in [5, 5.41) is 7.01. The second kappa shape index (κ2) is 7.64. The highest BCUT2D eigenvalue weighted by Gasteiger charge is 2.18. The van der Waals surface area contributed by atoms with Gasteiger partial charge in [-0.1, -0.05) is 60.3 Å². The molecule has 0 unspecified atom stereocenters. The van der Waals surface area contributed by atoms with E-state index in [2.05, 4.69) is 36.5 Å². The predicted molar refractivity (Wildman–Crippen MR) is 119 cm³/mol. The average molecular weight is 387 g/mol. The molecule has 0 aliphatic carbocycles. The van der Waals surface area contributed by atoms with Gasteiger partial charge in [-0.3, -0.25) is 4.79 Å². The second-order valence-electron chi connectivity index (χ2n) is 7.08. The van der Waals surface area contributed by atoms with Gasteiger partial charge in [-0.15, -0.1) is 0 Å². The minimum atomic E-state index is -0.257. The van der Waals surface area contributed by atoms with Crippen molar-refractivity contribution in [3.63, 3.8) is 0 Å². The van der Waals surface area contributed by atoms with E-state index in [0.717, 1.165) is 38.0 Å². The number of thioether (sulfide) groups is 1. The van der Waals surface area contributed by atoms with Gasteiger partial charge in [0, 0.05) is 16.5 Å². The highest BCUT2D eigenvalue weighted by atomic mass is 32.2. The summed E-state index contributed by atoms with van der Waals surface area (Å²) in [5.74, 6) is -0.0214. The zero-order valence-corrected chi connectivity index (χ0v) is 17.0. The first-order chi connectivity index (χ1) is 13.5. The van der Waals surface area contributed by atoms with E-state index in [0.29, 0.717) is 0 Å². The van der Waals surface area contributed by atoms with Gasteiger partial charge < -0.3 is 5.32 Å². The number of carbonyl (C=O) groups is 1. The number of amides is 1. The molecule has 0 radical (unpaired) electrons. The zero-order chi connectivity index (χ0) is 19.7. The summed E-state index contributed by atoms with van der Waals surface area (Å²) in [7, 11) is 0. The van der Waals surface area contributed by atoms with E-state index in [1.165, 1.54) is 17.3 Å².